The van der Waals surface area contributed by atoms with Gasteiger partial charge in [-0.2, -0.15) is 0 Å². The van der Waals surface area contributed by atoms with E-state index in [1.54, 1.807) is 28.3 Å². The fraction of sp³-hybridized carbons (Fsp3) is 0.310. The molecule has 1 nitrogen and oxygen atoms in total. The van der Waals surface area contributed by atoms with Gasteiger partial charge in [-0.15, -0.1) is 0 Å². The Morgan fingerprint density at radius 1 is 0.906 bits per heavy atom. The van der Waals surface area contributed by atoms with Crippen molar-refractivity contribution in [2.45, 2.75) is 54.5 Å². The van der Waals surface area contributed by atoms with Crippen LogP contribution in [0.5, 0.6) is 0 Å². The Kier molecular flexibility index (Phi) is 11.6. The molecule has 2 unspecified atom stereocenters. The number of rotatable bonds is 5. The summed E-state index contributed by atoms with van der Waals surface area (Å²) in [6, 6.07) is 17.9. The summed E-state index contributed by atoms with van der Waals surface area (Å²) in [7, 11) is -0.133. The van der Waals surface area contributed by atoms with E-state index in [1.807, 2.05) is 19.1 Å². The Labute approximate surface area is 209 Å². The van der Waals surface area contributed by atoms with E-state index in [-0.39, 0.29) is 9.76 Å². The molecule has 168 valence electrons. The van der Waals surface area contributed by atoms with E-state index in [2.05, 4.69) is 102 Å². The quantitative estimate of drug-likeness (QED) is 0.290. The van der Waals surface area contributed by atoms with Crippen LogP contribution in [0.2, 0.25) is 6.55 Å². The smallest absolute Gasteiger partial charge is 0.158 e. The zero-order valence-electron chi connectivity index (χ0n) is 20.6. The summed E-state index contributed by atoms with van der Waals surface area (Å²) in [6.45, 7) is 16.3. The minimum Gasteiger partial charge on any atom is -0.422 e. The normalized spacial score (nSPS) is 18.3. The van der Waals surface area contributed by atoms with Crippen molar-refractivity contribution >= 4 is 21.9 Å². The van der Waals surface area contributed by atoms with Gasteiger partial charge in [0.2, 0.25) is 0 Å². The van der Waals surface area contributed by atoms with Crippen molar-refractivity contribution in [3.63, 3.8) is 0 Å². The van der Waals surface area contributed by atoms with E-state index < -0.39 is 23.2 Å². The second-order valence-electron chi connectivity index (χ2n) is 8.33. The molecule has 0 aliphatic heterocycles. The van der Waals surface area contributed by atoms with Crippen LogP contribution in [-0.2, 0) is 27.7 Å². The van der Waals surface area contributed by atoms with Gasteiger partial charge in [0.1, 0.15) is 0 Å². The number of allylic oxidation sites excluding steroid dienone is 5. The average molecular weight is 522 g/mol. The summed E-state index contributed by atoms with van der Waals surface area (Å²) in [5, 5.41) is 0. The third-order valence-electron chi connectivity index (χ3n) is 5.45. The SMILES string of the molecule is C=CC=CC.CC1=Cc2ccccc2[CH]1[Zr][CH]1C(C)=Cc2ccccc21.C[SiH2]OC(C)C. The second-order valence-corrected chi connectivity index (χ2v) is 12.9. The Morgan fingerprint density at radius 3 is 1.69 bits per heavy atom. The predicted octanol–water partition coefficient (Wildman–Crippen LogP) is 7.68. The molecule has 0 heterocycles. The average Bonchev–Trinajstić information content (AvgIpc) is 3.26. The van der Waals surface area contributed by atoms with Gasteiger partial charge in [0, 0.05) is 6.10 Å². The molecule has 0 fully saturated rings. The molecule has 0 aromatic heterocycles. The molecule has 4 rings (SSSR count). The molecule has 0 amide bonds. The molecule has 0 saturated carbocycles. The summed E-state index contributed by atoms with van der Waals surface area (Å²) < 4.78 is 6.66. The van der Waals surface area contributed by atoms with Gasteiger partial charge in [0.15, 0.2) is 9.76 Å². The standard InChI is InChI=1S/2C10H9.C5H8.C4H12OSi.Zr/c2*1-8-6-9-4-2-3-5-10(9)7-8;1-3-5-4-2;1-4(2)5-6-3;/h2*2-7H,1H3;3-5H,1H2,2H3;4H,6H2,1-3H3;. The second kappa shape index (κ2) is 13.9. The summed E-state index contributed by atoms with van der Waals surface area (Å²) in [5.74, 6) is 0. The predicted molar refractivity (Wildman–Crippen MR) is 141 cm³/mol. The van der Waals surface area contributed by atoms with Gasteiger partial charge in [0.05, 0.1) is 0 Å². The summed E-state index contributed by atoms with van der Waals surface area (Å²) >= 11 is -0.616. The molecular weight excluding hydrogens is 484 g/mol. The molecule has 3 heteroatoms. The van der Waals surface area contributed by atoms with E-state index in [1.165, 1.54) is 11.1 Å². The number of benzene rings is 2. The van der Waals surface area contributed by atoms with E-state index in [9.17, 15) is 0 Å². The molecule has 2 aromatic rings. The molecule has 0 N–H and O–H groups in total. The molecule has 2 aliphatic rings. The third kappa shape index (κ3) is 7.51. The van der Waals surface area contributed by atoms with Crippen LogP contribution in [0.4, 0.5) is 0 Å². The monoisotopic (exact) mass is 520 g/mol. The van der Waals surface area contributed by atoms with Crippen LogP contribution in [0.1, 0.15) is 64.1 Å². The van der Waals surface area contributed by atoms with Crippen molar-refractivity contribution in [2.75, 3.05) is 0 Å². The summed E-state index contributed by atoms with van der Waals surface area (Å²) in [4.78, 5) is 0. The van der Waals surface area contributed by atoms with Gasteiger partial charge in [-0.05, 0) is 20.8 Å². The van der Waals surface area contributed by atoms with E-state index in [0.717, 1.165) is 7.25 Å². The van der Waals surface area contributed by atoms with Gasteiger partial charge >= 0.3 is 138 Å². The fourth-order valence-electron chi connectivity index (χ4n) is 4.04. The van der Waals surface area contributed by atoms with Crippen molar-refractivity contribution < 1.29 is 27.7 Å². The first kappa shape index (κ1) is 26.7. The van der Waals surface area contributed by atoms with Gasteiger partial charge < -0.3 is 4.43 Å². The first-order valence-corrected chi connectivity index (χ1v) is 16.4. The van der Waals surface area contributed by atoms with Crippen LogP contribution in [0.25, 0.3) is 12.2 Å². The molecule has 2 aromatic carbocycles. The topological polar surface area (TPSA) is 9.23 Å². The van der Waals surface area contributed by atoms with Gasteiger partial charge in [-0.1, -0.05) is 31.4 Å². The minimum absolute atomic E-state index is 0.133. The summed E-state index contributed by atoms with van der Waals surface area (Å²) in [6.07, 6.45) is 10.8. The van der Waals surface area contributed by atoms with E-state index in [4.69, 9.17) is 4.43 Å². The summed E-state index contributed by atoms with van der Waals surface area (Å²) in [5.41, 5.74) is 9.24. The Bertz CT molecular complexity index is 905. The van der Waals surface area contributed by atoms with Crippen LogP contribution < -0.4 is 0 Å². The van der Waals surface area contributed by atoms with Crippen LogP contribution >= 0.6 is 0 Å². The minimum atomic E-state index is -0.616. The number of hydrogen-bond acceptors (Lipinski definition) is 1. The van der Waals surface area contributed by atoms with E-state index in [0.29, 0.717) is 6.10 Å². The van der Waals surface area contributed by atoms with Crippen LogP contribution in [-0.4, -0.2) is 15.9 Å². The molecular formula is C29H38OSiZr. The van der Waals surface area contributed by atoms with E-state index >= 15 is 0 Å². The van der Waals surface area contributed by atoms with Crippen LogP contribution in [0.3, 0.4) is 0 Å². The van der Waals surface area contributed by atoms with Crippen molar-refractivity contribution in [3.8, 4) is 0 Å². The largest absolute Gasteiger partial charge is 0.422 e. The Balaban J connectivity index is 0.000000277. The zero-order chi connectivity index (χ0) is 23.5. The molecule has 0 radical (unpaired) electrons. The zero-order valence-corrected chi connectivity index (χ0v) is 24.4. The molecule has 0 saturated heterocycles. The molecule has 0 spiro atoms. The maximum absolute atomic E-state index is 5.18. The molecule has 2 atom stereocenters. The van der Waals surface area contributed by atoms with Gasteiger partial charge in [0.25, 0.3) is 0 Å². The number of fused-ring (bicyclic) bond motifs is 2. The third-order valence-corrected chi connectivity index (χ3v) is 11.9. The Morgan fingerprint density at radius 2 is 1.38 bits per heavy atom. The van der Waals surface area contributed by atoms with Gasteiger partial charge in [-0.25, -0.2) is 0 Å². The Hall–Kier alpha value is -1.54. The maximum atomic E-state index is 5.18. The first-order valence-electron chi connectivity index (χ1n) is 11.6. The van der Waals surface area contributed by atoms with Crippen molar-refractivity contribution in [1.29, 1.82) is 0 Å². The fourth-order valence-corrected chi connectivity index (χ4v) is 9.40. The number of hydrogen-bond donors (Lipinski definition) is 0. The van der Waals surface area contributed by atoms with Gasteiger partial charge in [-0.3, -0.25) is 0 Å². The molecule has 32 heavy (non-hydrogen) atoms. The van der Waals surface area contributed by atoms with Crippen molar-refractivity contribution in [2.24, 2.45) is 0 Å². The molecule has 0 bridgehead atoms. The van der Waals surface area contributed by atoms with Crippen molar-refractivity contribution in [3.05, 3.63) is 107 Å². The van der Waals surface area contributed by atoms with Crippen LogP contribution in [0, 0.1) is 0 Å². The van der Waals surface area contributed by atoms with Crippen molar-refractivity contribution in [1.82, 2.24) is 0 Å². The first-order chi connectivity index (χ1) is 15.4. The maximum Gasteiger partial charge on any atom is 0.158 e. The van der Waals surface area contributed by atoms with Crippen LogP contribution in [0.15, 0.2) is 84.5 Å². The molecule has 2 aliphatic carbocycles.